The van der Waals surface area contributed by atoms with Gasteiger partial charge in [0.25, 0.3) is 9.05 Å². The van der Waals surface area contributed by atoms with Crippen molar-refractivity contribution in [2.24, 2.45) is 0 Å². The van der Waals surface area contributed by atoms with E-state index in [0.717, 1.165) is 13.0 Å². The summed E-state index contributed by atoms with van der Waals surface area (Å²) in [4.78, 5) is -0.777. The molecule has 8 heteroatoms. The normalized spacial score (nSPS) is 12.9. The molecule has 90 valence electrons. The minimum atomic E-state index is -4.97. The largest absolute Gasteiger partial charge is 0.419 e. The molecule has 0 radical (unpaired) electrons. The van der Waals surface area contributed by atoms with Crippen LogP contribution in [-0.2, 0) is 15.2 Å². The van der Waals surface area contributed by atoms with Crippen molar-refractivity contribution < 1.29 is 26.0 Å². The minimum Gasteiger partial charge on any atom is -0.207 e. The lowest BCUT2D eigenvalue weighted by Crippen LogP contribution is -2.10. The van der Waals surface area contributed by atoms with Crippen LogP contribution in [0.25, 0.3) is 0 Å². The van der Waals surface area contributed by atoms with Crippen molar-refractivity contribution in [3.63, 3.8) is 0 Å². The molecule has 0 spiro atoms. The summed E-state index contributed by atoms with van der Waals surface area (Å²) < 4.78 is 71.8. The van der Waals surface area contributed by atoms with Crippen LogP contribution in [0.15, 0.2) is 17.0 Å². The van der Waals surface area contributed by atoms with Crippen LogP contribution < -0.4 is 0 Å². The van der Waals surface area contributed by atoms with Gasteiger partial charge >= 0.3 is 6.18 Å². The second kappa shape index (κ2) is 3.89. The molecule has 1 aromatic carbocycles. The number of rotatable bonds is 1. The summed E-state index contributed by atoms with van der Waals surface area (Å²) in [6.07, 6.45) is -4.97. The second-order valence-electron chi connectivity index (χ2n) is 3.04. The third-order valence-electron chi connectivity index (χ3n) is 1.81. The van der Waals surface area contributed by atoms with Gasteiger partial charge in [-0.2, -0.15) is 13.2 Å². The Balaban J connectivity index is 3.59. The van der Waals surface area contributed by atoms with E-state index in [1.165, 1.54) is 0 Å². The zero-order chi connectivity index (χ0) is 12.7. The predicted octanol–water partition coefficient (Wildman–Crippen LogP) is 3.08. The summed E-state index contributed by atoms with van der Waals surface area (Å²) in [7, 11) is 0.568. The van der Waals surface area contributed by atoms with Crippen molar-refractivity contribution in [3.8, 4) is 0 Å². The third kappa shape index (κ3) is 2.65. The highest BCUT2D eigenvalue weighted by Crippen LogP contribution is 2.34. The van der Waals surface area contributed by atoms with Crippen molar-refractivity contribution in [1.29, 1.82) is 0 Å². The molecule has 0 N–H and O–H groups in total. The number of hydrogen-bond donors (Lipinski definition) is 0. The number of halogens is 5. The fourth-order valence-corrected chi connectivity index (χ4v) is 1.93. The molecule has 0 aromatic heterocycles. The van der Waals surface area contributed by atoms with Crippen LogP contribution in [0.3, 0.4) is 0 Å². The van der Waals surface area contributed by atoms with E-state index in [2.05, 4.69) is 0 Å². The smallest absolute Gasteiger partial charge is 0.207 e. The first-order valence-corrected chi connectivity index (χ1v) is 6.16. The average molecular weight is 277 g/mol. The van der Waals surface area contributed by atoms with Crippen molar-refractivity contribution in [3.05, 3.63) is 29.1 Å². The van der Waals surface area contributed by atoms with Gasteiger partial charge < -0.3 is 0 Å². The summed E-state index contributed by atoms with van der Waals surface area (Å²) in [6.45, 7) is 1.02. The van der Waals surface area contributed by atoms with E-state index in [-0.39, 0.29) is 6.07 Å². The molecule has 0 saturated heterocycles. The second-order valence-corrected chi connectivity index (χ2v) is 5.60. The Labute approximate surface area is 93.3 Å². The van der Waals surface area contributed by atoms with Gasteiger partial charge in [0.2, 0.25) is 0 Å². The Morgan fingerprint density at radius 2 is 1.75 bits per heavy atom. The monoisotopic (exact) mass is 276 g/mol. The van der Waals surface area contributed by atoms with Crippen LogP contribution in [0.2, 0.25) is 0 Å². The van der Waals surface area contributed by atoms with Crippen molar-refractivity contribution in [1.82, 2.24) is 0 Å². The van der Waals surface area contributed by atoms with Gasteiger partial charge in [-0.05, 0) is 24.6 Å². The van der Waals surface area contributed by atoms with Gasteiger partial charge in [0, 0.05) is 10.7 Å². The maximum atomic E-state index is 13.1. The molecule has 0 aliphatic carbocycles. The van der Waals surface area contributed by atoms with E-state index in [1.54, 1.807) is 0 Å². The predicted molar refractivity (Wildman–Crippen MR) is 49.2 cm³/mol. The van der Waals surface area contributed by atoms with E-state index in [0.29, 0.717) is 0 Å². The van der Waals surface area contributed by atoms with E-state index in [9.17, 15) is 26.0 Å². The summed E-state index contributed by atoms with van der Waals surface area (Å²) >= 11 is 0. The number of aryl methyl sites for hydroxylation is 1. The van der Waals surface area contributed by atoms with E-state index in [1.807, 2.05) is 0 Å². The zero-order valence-corrected chi connectivity index (χ0v) is 9.34. The highest BCUT2D eigenvalue weighted by Gasteiger charge is 2.36. The quantitative estimate of drug-likeness (QED) is 0.583. The molecule has 0 aliphatic rings. The van der Waals surface area contributed by atoms with E-state index < -0.39 is 37.1 Å². The van der Waals surface area contributed by atoms with E-state index in [4.69, 9.17) is 10.7 Å². The fourth-order valence-electron chi connectivity index (χ4n) is 1.08. The Hall–Kier alpha value is -0.820. The van der Waals surface area contributed by atoms with Crippen LogP contribution in [0, 0.1) is 12.7 Å². The lowest BCUT2D eigenvalue weighted by atomic mass is 10.1. The molecular formula is C8H5ClF4O2S. The van der Waals surface area contributed by atoms with Gasteiger partial charge in [-0.25, -0.2) is 12.8 Å². The highest BCUT2D eigenvalue weighted by atomic mass is 35.7. The molecule has 0 heterocycles. The maximum Gasteiger partial charge on any atom is 0.419 e. The first-order chi connectivity index (χ1) is 7.03. The lowest BCUT2D eigenvalue weighted by molar-refractivity contribution is -0.140. The number of hydrogen-bond acceptors (Lipinski definition) is 2. The van der Waals surface area contributed by atoms with Crippen molar-refractivity contribution in [2.75, 3.05) is 0 Å². The molecule has 0 unspecified atom stereocenters. The van der Waals surface area contributed by atoms with E-state index >= 15 is 0 Å². The topological polar surface area (TPSA) is 34.1 Å². The Bertz CT molecular complexity index is 522. The Morgan fingerprint density at radius 3 is 2.12 bits per heavy atom. The van der Waals surface area contributed by atoms with Gasteiger partial charge in [0.1, 0.15) is 5.82 Å². The molecule has 0 bridgehead atoms. The van der Waals surface area contributed by atoms with Crippen LogP contribution in [0.1, 0.15) is 11.1 Å². The molecule has 0 amide bonds. The molecule has 2 nitrogen and oxygen atoms in total. The molecule has 1 aromatic rings. The molecule has 1 rings (SSSR count). The highest BCUT2D eigenvalue weighted by molar-refractivity contribution is 8.13. The molecule has 16 heavy (non-hydrogen) atoms. The Kier molecular flexibility index (Phi) is 3.22. The number of benzene rings is 1. The SMILES string of the molecule is Cc1cc(S(=O)(=O)Cl)cc(C(F)(F)F)c1F. The van der Waals surface area contributed by atoms with Crippen molar-refractivity contribution in [2.45, 2.75) is 18.0 Å². The van der Waals surface area contributed by atoms with Gasteiger partial charge in [-0.3, -0.25) is 0 Å². The zero-order valence-electron chi connectivity index (χ0n) is 7.77. The molecule has 0 aliphatic heterocycles. The van der Waals surface area contributed by atoms with Crippen LogP contribution in [-0.4, -0.2) is 8.42 Å². The summed E-state index contributed by atoms with van der Waals surface area (Å²) in [5.74, 6) is -1.50. The molecule has 0 fully saturated rings. The maximum absolute atomic E-state index is 13.1. The van der Waals surface area contributed by atoms with Gasteiger partial charge in [-0.1, -0.05) is 0 Å². The van der Waals surface area contributed by atoms with Crippen LogP contribution in [0.5, 0.6) is 0 Å². The summed E-state index contributed by atoms with van der Waals surface area (Å²) in [6, 6.07) is 0.914. The first-order valence-electron chi connectivity index (χ1n) is 3.85. The molecular weight excluding hydrogens is 272 g/mol. The Morgan fingerprint density at radius 1 is 1.25 bits per heavy atom. The first kappa shape index (κ1) is 13.2. The van der Waals surface area contributed by atoms with Gasteiger partial charge in [-0.15, -0.1) is 0 Å². The lowest BCUT2D eigenvalue weighted by Gasteiger charge is -2.10. The third-order valence-corrected chi connectivity index (χ3v) is 3.15. The molecule has 0 saturated carbocycles. The average Bonchev–Trinajstić information content (AvgIpc) is 2.05. The number of alkyl halides is 3. The summed E-state index contributed by atoms with van der Waals surface area (Å²) in [5.41, 5.74) is -2.08. The molecule has 0 atom stereocenters. The standard InChI is InChI=1S/C8H5ClF4O2S/c1-4-2-5(16(9,14)15)3-6(7(4)10)8(11,12)13/h2-3H,1H3. The minimum absolute atomic E-state index is 0.171. The van der Waals surface area contributed by atoms with Gasteiger partial charge in [0.15, 0.2) is 0 Å². The van der Waals surface area contributed by atoms with Crippen LogP contribution >= 0.6 is 10.7 Å². The fraction of sp³-hybridized carbons (Fsp3) is 0.250. The van der Waals surface area contributed by atoms with Gasteiger partial charge in [0.05, 0.1) is 10.5 Å². The van der Waals surface area contributed by atoms with Crippen molar-refractivity contribution >= 4 is 19.7 Å². The summed E-state index contributed by atoms with van der Waals surface area (Å²) in [5, 5.41) is 0. The van der Waals surface area contributed by atoms with Crippen LogP contribution in [0.4, 0.5) is 17.6 Å².